The lowest BCUT2D eigenvalue weighted by Crippen LogP contribution is -1.87. The quantitative estimate of drug-likeness (QED) is 0.822. The molecule has 0 saturated heterocycles. The van der Waals surface area contributed by atoms with Crippen molar-refractivity contribution in [1.82, 2.24) is 10.2 Å². The maximum atomic E-state index is 13.0. The fraction of sp³-hybridized carbons (Fsp3) is 0. The van der Waals surface area contributed by atoms with Crippen molar-refractivity contribution in [3.05, 3.63) is 28.2 Å². The van der Waals surface area contributed by atoms with Crippen molar-refractivity contribution in [3.63, 3.8) is 0 Å². The van der Waals surface area contributed by atoms with E-state index in [4.69, 9.17) is 5.73 Å². The van der Waals surface area contributed by atoms with Gasteiger partial charge in [0.15, 0.2) is 16.6 Å². The van der Waals surface area contributed by atoms with Crippen LogP contribution in [0, 0.1) is 11.6 Å². The average molecular weight is 292 g/mol. The van der Waals surface area contributed by atoms with Gasteiger partial charge in [0.2, 0.25) is 5.13 Å². The Hall–Kier alpha value is -1.08. The van der Waals surface area contributed by atoms with Crippen molar-refractivity contribution in [1.29, 1.82) is 0 Å². The molecular formula is C8H4BrF2N3S. The van der Waals surface area contributed by atoms with Gasteiger partial charge in [0.25, 0.3) is 0 Å². The lowest BCUT2D eigenvalue weighted by Gasteiger charge is -2.00. The van der Waals surface area contributed by atoms with E-state index in [1.165, 1.54) is 0 Å². The van der Waals surface area contributed by atoms with Crippen LogP contribution in [0.1, 0.15) is 0 Å². The molecule has 1 aromatic heterocycles. The Kier molecular flexibility index (Phi) is 2.66. The van der Waals surface area contributed by atoms with Crippen LogP contribution in [0.2, 0.25) is 0 Å². The van der Waals surface area contributed by atoms with E-state index in [0.717, 1.165) is 23.5 Å². The molecule has 0 fully saturated rings. The summed E-state index contributed by atoms with van der Waals surface area (Å²) in [6.07, 6.45) is 0. The molecule has 78 valence electrons. The van der Waals surface area contributed by atoms with Crippen LogP contribution in [-0.2, 0) is 0 Å². The maximum absolute atomic E-state index is 13.0. The fourth-order valence-electron chi connectivity index (χ4n) is 1.03. The minimum Gasteiger partial charge on any atom is -0.374 e. The van der Waals surface area contributed by atoms with Gasteiger partial charge >= 0.3 is 0 Å². The number of nitrogen functional groups attached to an aromatic ring is 1. The average Bonchev–Trinajstić information content (AvgIpc) is 2.58. The van der Waals surface area contributed by atoms with Crippen LogP contribution in [0.3, 0.4) is 0 Å². The van der Waals surface area contributed by atoms with Crippen molar-refractivity contribution in [3.8, 4) is 10.6 Å². The molecule has 15 heavy (non-hydrogen) atoms. The lowest BCUT2D eigenvalue weighted by molar-refractivity contribution is 0.508. The highest BCUT2D eigenvalue weighted by atomic mass is 79.9. The molecule has 2 aromatic rings. The smallest absolute Gasteiger partial charge is 0.203 e. The van der Waals surface area contributed by atoms with Gasteiger partial charge in [-0.15, -0.1) is 10.2 Å². The van der Waals surface area contributed by atoms with Gasteiger partial charge in [-0.3, -0.25) is 0 Å². The second kappa shape index (κ2) is 3.82. The molecule has 0 radical (unpaired) electrons. The van der Waals surface area contributed by atoms with E-state index >= 15 is 0 Å². The molecule has 0 atom stereocenters. The van der Waals surface area contributed by atoms with Gasteiger partial charge in [-0.05, 0) is 28.1 Å². The summed E-state index contributed by atoms with van der Waals surface area (Å²) in [7, 11) is 0. The van der Waals surface area contributed by atoms with Crippen molar-refractivity contribution >= 4 is 32.4 Å². The summed E-state index contributed by atoms with van der Waals surface area (Å²) in [6, 6.07) is 2.10. The molecule has 0 unspecified atom stereocenters. The lowest BCUT2D eigenvalue weighted by atomic mass is 10.2. The van der Waals surface area contributed by atoms with E-state index in [1.807, 2.05) is 0 Å². The van der Waals surface area contributed by atoms with E-state index in [-0.39, 0.29) is 5.13 Å². The molecule has 0 saturated carbocycles. The Labute approximate surface area is 96.1 Å². The first-order chi connectivity index (χ1) is 7.08. The van der Waals surface area contributed by atoms with Crippen molar-refractivity contribution in [2.45, 2.75) is 0 Å². The predicted molar refractivity (Wildman–Crippen MR) is 57.4 cm³/mol. The van der Waals surface area contributed by atoms with Crippen LogP contribution in [0.5, 0.6) is 0 Å². The van der Waals surface area contributed by atoms with Crippen LogP contribution >= 0.6 is 27.3 Å². The summed E-state index contributed by atoms with van der Waals surface area (Å²) < 4.78 is 26.2. The first kappa shape index (κ1) is 10.4. The number of rotatable bonds is 1. The molecule has 1 heterocycles. The summed E-state index contributed by atoms with van der Waals surface area (Å²) in [5.74, 6) is -1.84. The SMILES string of the molecule is Nc1nnc(-c2cc(F)c(F)cc2Br)s1. The number of halogens is 3. The number of hydrogen-bond donors (Lipinski definition) is 1. The zero-order valence-electron chi connectivity index (χ0n) is 7.17. The second-order valence-corrected chi connectivity index (χ2v) is 4.56. The third kappa shape index (κ3) is 1.98. The number of anilines is 1. The Morgan fingerprint density at radius 2 is 1.87 bits per heavy atom. The minimum atomic E-state index is -0.929. The molecule has 0 aliphatic heterocycles. The summed E-state index contributed by atoms with van der Waals surface area (Å²) in [4.78, 5) is 0. The third-order valence-electron chi connectivity index (χ3n) is 1.68. The first-order valence-electron chi connectivity index (χ1n) is 3.82. The van der Waals surface area contributed by atoms with Gasteiger partial charge < -0.3 is 5.73 Å². The van der Waals surface area contributed by atoms with Gasteiger partial charge in [0, 0.05) is 10.0 Å². The molecule has 0 spiro atoms. The molecular weight excluding hydrogens is 288 g/mol. The molecule has 0 aliphatic rings. The molecule has 0 bridgehead atoms. The number of aromatic nitrogens is 2. The van der Waals surface area contributed by atoms with E-state index in [0.29, 0.717) is 15.0 Å². The normalized spacial score (nSPS) is 10.6. The molecule has 3 nitrogen and oxygen atoms in total. The maximum Gasteiger partial charge on any atom is 0.203 e. The van der Waals surface area contributed by atoms with Crippen molar-refractivity contribution in [2.75, 3.05) is 5.73 Å². The predicted octanol–water partition coefficient (Wildman–Crippen LogP) is 2.83. The van der Waals surface area contributed by atoms with Crippen LogP contribution in [0.25, 0.3) is 10.6 Å². The van der Waals surface area contributed by atoms with Gasteiger partial charge in [0.1, 0.15) is 0 Å². The zero-order valence-corrected chi connectivity index (χ0v) is 9.57. The van der Waals surface area contributed by atoms with Crippen LogP contribution in [-0.4, -0.2) is 10.2 Å². The highest BCUT2D eigenvalue weighted by Crippen LogP contribution is 2.32. The Bertz CT molecular complexity index is 515. The Balaban J connectivity index is 2.58. The number of benzene rings is 1. The van der Waals surface area contributed by atoms with Crippen molar-refractivity contribution in [2.24, 2.45) is 0 Å². The summed E-state index contributed by atoms with van der Waals surface area (Å²) in [6.45, 7) is 0. The van der Waals surface area contributed by atoms with Gasteiger partial charge in [-0.1, -0.05) is 11.3 Å². The van der Waals surface area contributed by atoms with Crippen molar-refractivity contribution < 1.29 is 8.78 Å². The molecule has 1 aromatic carbocycles. The standard InChI is InChI=1S/C8H4BrF2N3S/c9-4-2-6(11)5(10)1-3(4)7-13-14-8(12)15-7/h1-2H,(H2,12,14). The highest BCUT2D eigenvalue weighted by molar-refractivity contribution is 9.10. The molecule has 0 amide bonds. The van der Waals surface area contributed by atoms with E-state index in [2.05, 4.69) is 26.1 Å². The van der Waals surface area contributed by atoms with E-state index in [9.17, 15) is 8.78 Å². The Morgan fingerprint density at radius 3 is 2.47 bits per heavy atom. The van der Waals surface area contributed by atoms with Gasteiger partial charge in [-0.2, -0.15) is 0 Å². The zero-order chi connectivity index (χ0) is 11.0. The fourth-order valence-corrected chi connectivity index (χ4v) is 2.30. The highest BCUT2D eigenvalue weighted by Gasteiger charge is 2.13. The van der Waals surface area contributed by atoms with Gasteiger partial charge in [-0.25, -0.2) is 8.78 Å². The molecule has 2 N–H and O–H groups in total. The summed E-state index contributed by atoms with van der Waals surface area (Å²) in [5.41, 5.74) is 5.83. The second-order valence-electron chi connectivity index (χ2n) is 2.69. The number of nitrogens with two attached hydrogens (primary N) is 1. The minimum absolute atomic E-state index is 0.279. The third-order valence-corrected chi connectivity index (χ3v) is 3.12. The van der Waals surface area contributed by atoms with Gasteiger partial charge in [0.05, 0.1) is 0 Å². The largest absolute Gasteiger partial charge is 0.374 e. The number of nitrogens with zero attached hydrogens (tertiary/aromatic N) is 2. The number of hydrogen-bond acceptors (Lipinski definition) is 4. The topological polar surface area (TPSA) is 51.8 Å². The van der Waals surface area contributed by atoms with Crippen LogP contribution < -0.4 is 5.73 Å². The van der Waals surface area contributed by atoms with E-state index in [1.54, 1.807) is 0 Å². The monoisotopic (exact) mass is 291 g/mol. The molecule has 0 aliphatic carbocycles. The summed E-state index contributed by atoms with van der Waals surface area (Å²) >= 11 is 4.22. The molecule has 2 rings (SSSR count). The first-order valence-corrected chi connectivity index (χ1v) is 5.43. The summed E-state index contributed by atoms with van der Waals surface area (Å²) in [5, 5.41) is 8.06. The Morgan fingerprint density at radius 1 is 1.20 bits per heavy atom. The molecule has 7 heteroatoms. The van der Waals surface area contributed by atoms with E-state index < -0.39 is 11.6 Å². The van der Waals surface area contributed by atoms with Crippen LogP contribution in [0.4, 0.5) is 13.9 Å². The van der Waals surface area contributed by atoms with Crippen LogP contribution in [0.15, 0.2) is 16.6 Å².